The van der Waals surface area contributed by atoms with Gasteiger partial charge in [0.05, 0.1) is 6.10 Å². The molecule has 0 aromatic rings. The number of hydrogen-bond acceptors (Lipinski definition) is 2. The summed E-state index contributed by atoms with van der Waals surface area (Å²) in [5.74, 6) is 3.95. The van der Waals surface area contributed by atoms with Gasteiger partial charge in [0.2, 0.25) is 0 Å². The van der Waals surface area contributed by atoms with Crippen LogP contribution in [-0.2, 0) is 4.79 Å². The van der Waals surface area contributed by atoms with Gasteiger partial charge in [-0.15, -0.1) is 0 Å². The van der Waals surface area contributed by atoms with Crippen molar-refractivity contribution in [3.63, 3.8) is 0 Å². The molecule has 0 amide bonds. The largest absolute Gasteiger partial charge is 0.393 e. The van der Waals surface area contributed by atoms with Gasteiger partial charge in [-0.2, -0.15) is 0 Å². The molecule has 4 aliphatic carbocycles. The average Bonchev–Trinajstić information content (AvgIpc) is 2.82. The van der Waals surface area contributed by atoms with Crippen molar-refractivity contribution in [3.05, 3.63) is 0 Å². The second kappa shape index (κ2) is 5.31. The Kier molecular flexibility index (Phi) is 3.72. The van der Waals surface area contributed by atoms with Crippen molar-refractivity contribution in [2.75, 3.05) is 0 Å². The van der Waals surface area contributed by atoms with E-state index in [2.05, 4.69) is 13.8 Å². The number of hydrogen-bond donors (Lipinski definition) is 1. The quantitative estimate of drug-likeness (QED) is 0.767. The molecule has 0 saturated heterocycles. The predicted molar refractivity (Wildman–Crippen MR) is 91.9 cm³/mol. The third-order valence-electron chi connectivity index (χ3n) is 9.19. The van der Waals surface area contributed by atoms with Gasteiger partial charge in [-0.1, -0.05) is 13.8 Å². The van der Waals surface area contributed by atoms with Crippen LogP contribution in [0.3, 0.4) is 0 Å². The zero-order valence-electron chi connectivity index (χ0n) is 15.2. The molecule has 8 atom stereocenters. The van der Waals surface area contributed by atoms with Crippen molar-refractivity contribution in [2.45, 2.75) is 84.7 Å². The molecule has 0 aromatic carbocycles. The highest BCUT2D eigenvalue weighted by Gasteiger charge is 2.60. The summed E-state index contributed by atoms with van der Waals surface area (Å²) in [5.41, 5.74) is 0.657. The molecule has 4 aliphatic rings. The highest BCUT2D eigenvalue weighted by Crippen LogP contribution is 2.66. The van der Waals surface area contributed by atoms with Gasteiger partial charge in [-0.3, -0.25) is 4.79 Å². The van der Waals surface area contributed by atoms with E-state index in [-0.39, 0.29) is 11.5 Å². The molecule has 0 aromatic heterocycles. The van der Waals surface area contributed by atoms with Crippen molar-refractivity contribution >= 4 is 5.78 Å². The molecule has 0 unspecified atom stereocenters. The fourth-order valence-corrected chi connectivity index (χ4v) is 7.60. The molecule has 0 heterocycles. The van der Waals surface area contributed by atoms with E-state index in [0.717, 1.165) is 42.9 Å². The number of carbonyl (C=O) groups is 1. The van der Waals surface area contributed by atoms with Crippen LogP contribution in [0.25, 0.3) is 0 Å². The third-order valence-corrected chi connectivity index (χ3v) is 9.19. The Labute approximate surface area is 141 Å². The van der Waals surface area contributed by atoms with Crippen molar-refractivity contribution in [1.82, 2.24) is 0 Å². The first kappa shape index (κ1) is 16.1. The van der Waals surface area contributed by atoms with E-state index in [0.29, 0.717) is 17.1 Å². The summed E-state index contributed by atoms with van der Waals surface area (Å²) in [6, 6.07) is 0. The molecule has 0 aliphatic heterocycles. The van der Waals surface area contributed by atoms with E-state index in [9.17, 15) is 9.90 Å². The maximum atomic E-state index is 11.9. The number of aliphatic hydroxyl groups is 1. The van der Waals surface area contributed by atoms with Crippen molar-refractivity contribution in [2.24, 2.45) is 40.4 Å². The summed E-state index contributed by atoms with van der Waals surface area (Å²) in [6.07, 6.45) is 10.9. The van der Waals surface area contributed by atoms with E-state index in [1.165, 1.54) is 38.5 Å². The lowest BCUT2D eigenvalue weighted by Crippen LogP contribution is -2.54. The molecule has 2 heteroatoms. The fraction of sp³-hybridized carbons (Fsp3) is 0.952. The Morgan fingerprint density at radius 3 is 2.35 bits per heavy atom. The van der Waals surface area contributed by atoms with Crippen LogP contribution in [-0.4, -0.2) is 17.0 Å². The molecule has 0 spiro atoms. The summed E-state index contributed by atoms with van der Waals surface area (Å²) in [5, 5.41) is 10.5. The van der Waals surface area contributed by atoms with Crippen LogP contribution in [0, 0.1) is 40.4 Å². The van der Waals surface area contributed by atoms with E-state index in [1.54, 1.807) is 6.92 Å². The molecule has 2 nitrogen and oxygen atoms in total. The first-order chi connectivity index (χ1) is 10.9. The molecule has 0 radical (unpaired) electrons. The topological polar surface area (TPSA) is 37.3 Å². The Morgan fingerprint density at radius 2 is 1.61 bits per heavy atom. The number of aliphatic hydroxyl groups excluding tert-OH is 1. The minimum Gasteiger partial charge on any atom is -0.393 e. The third kappa shape index (κ3) is 2.19. The maximum absolute atomic E-state index is 11.9. The number of fused-ring (bicyclic) bond motifs is 5. The molecule has 0 bridgehead atoms. The molecular formula is C21H34O2. The lowest BCUT2D eigenvalue weighted by molar-refractivity contribution is -0.138. The Hall–Kier alpha value is -0.370. The first-order valence-electron chi connectivity index (χ1n) is 10.0. The zero-order valence-corrected chi connectivity index (χ0v) is 15.2. The van der Waals surface area contributed by atoms with E-state index < -0.39 is 0 Å². The van der Waals surface area contributed by atoms with Crippen molar-refractivity contribution < 1.29 is 9.90 Å². The smallest absolute Gasteiger partial charge is 0.132 e. The summed E-state index contributed by atoms with van der Waals surface area (Å²) < 4.78 is 0. The molecule has 4 fully saturated rings. The average molecular weight is 319 g/mol. The summed E-state index contributed by atoms with van der Waals surface area (Å²) in [7, 11) is 0. The van der Waals surface area contributed by atoms with Crippen LogP contribution in [0.4, 0.5) is 0 Å². The molecule has 4 saturated carbocycles. The summed E-state index contributed by atoms with van der Waals surface area (Å²) in [4.78, 5) is 11.9. The van der Waals surface area contributed by atoms with Gasteiger partial charge in [-0.25, -0.2) is 0 Å². The van der Waals surface area contributed by atoms with E-state index in [1.807, 2.05) is 0 Å². The number of carbonyl (C=O) groups excluding carboxylic acids is 1. The van der Waals surface area contributed by atoms with Gasteiger partial charge < -0.3 is 5.11 Å². The zero-order chi connectivity index (χ0) is 16.4. The molecule has 23 heavy (non-hydrogen) atoms. The SMILES string of the molecule is CC(=O)[C@H]1CC[C@@]2(C)[C@@H](CC[C@H]3[C@H]2CC[C@@]2(C)[C@H](O)CC[C@H]32)C1. The normalized spacial score (nSPS) is 55.7. The van der Waals surface area contributed by atoms with Gasteiger partial charge >= 0.3 is 0 Å². The van der Waals surface area contributed by atoms with Gasteiger partial charge in [0, 0.05) is 5.92 Å². The summed E-state index contributed by atoms with van der Waals surface area (Å²) in [6.45, 7) is 6.72. The number of ketones is 1. The van der Waals surface area contributed by atoms with Gasteiger partial charge in [0.25, 0.3) is 0 Å². The Balaban J connectivity index is 1.58. The van der Waals surface area contributed by atoms with Gasteiger partial charge in [-0.05, 0) is 99.2 Å². The lowest BCUT2D eigenvalue weighted by atomic mass is 9.44. The monoisotopic (exact) mass is 318 g/mol. The first-order valence-corrected chi connectivity index (χ1v) is 10.0. The highest BCUT2D eigenvalue weighted by atomic mass is 16.3. The maximum Gasteiger partial charge on any atom is 0.132 e. The van der Waals surface area contributed by atoms with Gasteiger partial charge in [0.15, 0.2) is 0 Å². The van der Waals surface area contributed by atoms with E-state index >= 15 is 0 Å². The van der Waals surface area contributed by atoms with Gasteiger partial charge in [0.1, 0.15) is 5.78 Å². The number of rotatable bonds is 1. The van der Waals surface area contributed by atoms with E-state index in [4.69, 9.17) is 0 Å². The van der Waals surface area contributed by atoms with Crippen LogP contribution >= 0.6 is 0 Å². The standard InChI is InChI=1S/C21H34O2/c1-13(22)14-8-10-20(2)15(12-14)4-5-16-17-6-7-19(23)21(17,3)11-9-18(16)20/h14-19,23H,4-12H2,1-3H3/t14-,15-,16+,17+,18+,19+,20-,21+/m0/s1. The second-order valence-electron chi connectivity index (χ2n) is 9.88. The van der Waals surface area contributed by atoms with Crippen LogP contribution in [0.1, 0.15) is 78.6 Å². The molecule has 4 rings (SSSR count). The molecular weight excluding hydrogens is 284 g/mol. The van der Waals surface area contributed by atoms with Crippen LogP contribution < -0.4 is 0 Å². The Bertz CT molecular complexity index is 500. The van der Waals surface area contributed by atoms with Crippen LogP contribution in [0.15, 0.2) is 0 Å². The second-order valence-corrected chi connectivity index (χ2v) is 9.88. The number of Topliss-reactive ketones (excluding diaryl/α,β-unsaturated/α-hetero) is 1. The minimum atomic E-state index is -0.0626. The van der Waals surface area contributed by atoms with Crippen molar-refractivity contribution in [3.8, 4) is 0 Å². The lowest BCUT2D eigenvalue weighted by Gasteiger charge is -2.60. The van der Waals surface area contributed by atoms with Crippen LogP contribution in [0.5, 0.6) is 0 Å². The fourth-order valence-electron chi connectivity index (χ4n) is 7.60. The Morgan fingerprint density at radius 1 is 0.913 bits per heavy atom. The molecule has 130 valence electrons. The van der Waals surface area contributed by atoms with Crippen molar-refractivity contribution in [1.29, 1.82) is 0 Å². The molecule has 1 N–H and O–H groups in total. The van der Waals surface area contributed by atoms with Crippen LogP contribution in [0.2, 0.25) is 0 Å². The summed E-state index contributed by atoms with van der Waals surface area (Å²) >= 11 is 0. The highest BCUT2D eigenvalue weighted by molar-refractivity contribution is 5.78. The minimum absolute atomic E-state index is 0.0626. The predicted octanol–water partition coefficient (Wildman–Crippen LogP) is 4.60.